The summed E-state index contributed by atoms with van der Waals surface area (Å²) >= 11 is 0. The molecule has 8 heteroatoms. The van der Waals surface area contributed by atoms with Crippen molar-refractivity contribution < 1.29 is 5.11 Å². The van der Waals surface area contributed by atoms with Gasteiger partial charge in [0.2, 0.25) is 5.95 Å². The number of rotatable bonds is 9. The molecule has 0 bridgehead atoms. The maximum atomic E-state index is 9.87. The summed E-state index contributed by atoms with van der Waals surface area (Å²) in [5, 5.41) is 13.5. The van der Waals surface area contributed by atoms with Crippen LogP contribution in [0.1, 0.15) is 78.7 Å². The van der Waals surface area contributed by atoms with E-state index in [1.54, 1.807) is 0 Å². The Balaban J connectivity index is 1.64. The van der Waals surface area contributed by atoms with E-state index in [4.69, 9.17) is 15.0 Å². The van der Waals surface area contributed by atoms with Crippen molar-refractivity contribution in [3.05, 3.63) is 6.33 Å². The lowest BCUT2D eigenvalue weighted by Gasteiger charge is -2.30. The van der Waals surface area contributed by atoms with Crippen LogP contribution in [0.4, 0.5) is 11.8 Å². The second kappa shape index (κ2) is 10.3. The summed E-state index contributed by atoms with van der Waals surface area (Å²) in [6.07, 6.45) is 10.3. The van der Waals surface area contributed by atoms with Gasteiger partial charge >= 0.3 is 0 Å². The van der Waals surface area contributed by atoms with E-state index >= 15 is 0 Å². The fourth-order valence-corrected chi connectivity index (χ4v) is 5.49. The van der Waals surface area contributed by atoms with Crippen molar-refractivity contribution >= 4 is 22.9 Å². The van der Waals surface area contributed by atoms with E-state index in [9.17, 15) is 5.11 Å². The predicted octanol–water partition coefficient (Wildman–Crippen LogP) is 3.82. The summed E-state index contributed by atoms with van der Waals surface area (Å²) in [5.41, 5.74) is 1.79. The van der Waals surface area contributed by atoms with Gasteiger partial charge in [-0.05, 0) is 53.4 Å². The standard InChI is InChI=1S/C24H41N7O/c1-17(2)29(18(3)4)14-12-25-22-21-23(31(16-26-21)19-9-6-5-7-10-19)28-24(27-22)30-13-8-11-20(30)15-32/h16-20,32H,5-15H2,1-4H3,(H,25,27,28). The summed E-state index contributed by atoms with van der Waals surface area (Å²) in [6, 6.07) is 1.56. The first kappa shape index (κ1) is 23.2. The SMILES string of the molecule is CC(C)N(CCNc1nc(N2CCCC2CO)nc2c1ncn2C1CCCCC1)C(C)C. The number of fused-ring (bicyclic) bond motifs is 1. The number of hydrogen-bond donors (Lipinski definition) is 2. The third-order valence-electron chi connectivity index (χ3n) is 7.21. The molecular weight excluding hydrogens is 402 g/mol. The molecule has 32 heavy (non-hydrogen) atoms. The monoisotopic (exact) mass is 443 g/mol. The van der Waals surface area contributed by atoms with Crippen LogP contribution in [-0.4, -0.2) is 73.9 Å². The van der Waals surface area contributed by atoms with Crippen LogP contribution in [0.5, 0.6) is 0 Å². The Morgan fingerprint density at radius 2 is 1.81 bits per heavy atom. The summed E-state index contributed by atoms with van der Waals surface area (Å²) in [6.45, 7) is 11.8. The van der Waals surface area contributed by atoms with Crippen molar-refractivity contribution in [2.24, 2.45) is 0 Å². The maximum absolute atomic E-state index is 9.87. The fourth-order valence-electron chi connectivity index (χ4n) is 5.49. The van der Waals surface area contributed by atoms with Crippen LogP contribution in [0.15, 0.2) is 6.33 Å². The van der Waals surface area contributed by atoms with E-state index in [2.05, 4.69) is 47.4 Å². The Morgan fingerprint density at radius 3 is 2.50 bits per heavy atom. The maximum Gasteiger partial charge on any atom is 0.229 e. The van der Waals surface area contributed by atoms with Gasteiger partial charge in [-0.3, -0.25) is 4.90 Å². The van der Waals surface area contributed by atoms with Gasteiger partial charge in [0.05, 0.1) is 19.0 Å². The summed E-state index contributed by atoms with van der Waals surface area (Å²) in [7, 11) is 0. The Bertz CT molecular complexity index is 867. The van der Waals surface area contributed by atoms with Crippen molar-refractivity contribution in [2.75, 3.05) is 36.5 Å². The van der Waals surface area contributed by atoms with E-state index in [1.165, 1.54) is 32.1 Å². The summed E-state index contributed by atoms with van der Waals surface area (Å²) in [4.78, 5) is 19.4. The number of nitrogens with one attached hydrogen (secondary N) is 1. The van der Waals surface area contributed by atoms with Gasteiger partial charge < -0.3 is 19.9 Å². The van der Waals surface area contributed by atoms with Crippen molar-refractivity contribution in [3.8, 4) is 0 Å². The molecular formula is C24H41N7O. The van der Waals surface area contributed by atoms with Gasteiger partial charge in [0.1, 0.15) is 0 Å². The van der Waals surface area contributed by atoms with Gasteiger partial charge in [0.25, 0.3) is 0 Å². The summed E-state index contributed by atoms with van der Waals surface area (Å²) in [5.74, 6) is 1.54. The molecule has 3 heterocycles. The molecule has 1 aliphatic carbocycles. The van der Waals surface area contributed by atoms with Crippen LogP contribution < -0.4 is 10.2 Å². The van der Waals surface area contributed by atoms with Crippen LogP contribution in [-0.2, 0) is 0 Å². The zero-order chi connectivity index (χ0) is 22.7. The minimum atomic E-state index is 0.101. The van der Waals surface area contributed by atoms with Crippen LogP contribution in [0.3, 0.4) is 0 Å². The van der Waals surface area contributed by atoms with Crippen molar-refractivity contribution in [3.63, 3.8) is 0 Å². The second-order valence-electron chi connectivity index (χ2n) is 10.0. The van der Waals surface area contributed by atoms with Gasteiger partial charge in [-0.15, -0.1) is 0 Å². The minimum Gasteiger partial charge on any atom is -0.394 e. The molecule has 2 aromatic heterocycles. The van der Waals surface area contributed by atoms with Crippen LogP contribution in [0, 0.1) is 0 Å². The quantitative estimate of drug-likeness (QED) is 0.609. The largest absolute Gasteiger partial charge is 0.394 e. The molecule has 8 nitrogen and oxygen atoms in total. The topological polar surface area (TPSA) is 82.3 Å². The molecule has 0 amide bonds. The average molecular weight is 444 g/mol. The zero-order valence-corrected chi connectivity index (χ0v) is 20.3. The second-order valence-corrected chi connectivity index (χ2v) is 10.0. The number of hydrogen-bond acceptors (Lipinski definition) is 7. The molecule has 178 valence electrons. The van der Waals surface area contributed by atoms with Crippen molar-refractivity contribution in [2.45, 2.75) is 96.8 Å². The smallest absolute Gasteiger partial charge is 0.229 e. The predicted molar refractivity (Wildman–Crippen MR) is 130 cm³/mol. The number of aliphatic hydroxyl groups excluding tert-OH is 1. The number of aromatic nitrogens is 4. The highest BCUT2D eigenvalue weighted by Gasteiger charge is 2.28. The Hall–Kier alpha value is -1.93. The van der Waals surface area contributed by atoms with E-state index in [0.717, 1.165) is 55.4 Å². The van der Waals surface area contributed by atoms with Gasteiger partial charge in [-0.25, -0.2) is 4.98 Å². The highest BCUT2D eigenvalue weighted by Crippen LogP contribution is 2.33. The van der Waals surface area contributed by atoms with E-state index in [0.29, 0.717) is 18.1 Å². The van der Waals surface area contributed by atoms with Crippen molar-refractivity contribution in [1.82, 2.24) is 24.4 Å². The lowest BCUT2D eigenvalue weighted by Crippen LogP contribution is -2.40. The average Bonchev–Trinajstić information content (AvgIpc) is 3.43. The highest BCUT2D eigenvalue weighted by molar-refractivity contribution is 5.84. The summed E-state index contributed by atoms with van der Waals surface area (Å²) < 4.78 is 2.28. The molecule has 1 atom stereocenters. The van der Waals surface area contributed by atoms with Gasteiger partial charge in [-0.1, -0.05) is 19.3 Å². The molecule has 2 N–H and O–H groups in total. The third kappa shape index (κ3) is 4.86. The Kier molecular flexibility index (Phi) is 7.51. The lowest BCUT2D eigenvalue weighted by atomic mass is 9.95. The van der Waals surface area contributed by atoms with Crippen LogP contribution >= 0.6 is 0 Å². The zero-order valence-electron chi connectivity index (χ0n) is 20.3. The number of anilines is 2. The molecule has 1 saturated heterocycles. The molecule has 2 aliphatic rings. The minimum absolute atomic E-state index is 0.101. The molecule has 0 aromatic carbocycles. The van der Waals surface area contributed by atoms with Gasteiger partial charge in [-0.2, -0.15) is 9.97 Å². The van der Waals surface area contributed by atoms with E-state index < -0.39 is 0 Å². The van der Waals surface area contributed by atoms with Crippen molar-refractivity contribution in [1.29, 1.82) is 0 Å². The molecule has 0 radical (unpaired) electrons. The van der Waals surface area contributed by atoms with Gasteiger partial charge in [0.15, 0.2) is 17.0 Å². The van der Waals surface area contributed by atoms with Crippen LogP contribution in [0.2, 0.25) is 0 Å². The van der Waals surface area contributed by atoms with Gasteiger partial charge in [0, 0.05) is 37.8 Å². The molecule has 0 spiro atoms. The molecule has 2 aromatic rings. The first-order valence-electron chi connectivity index (χ1n) is 12.6. The lowest BCUT2D eigenvalue weighted by molar-refractivity contribution is 0.182. The first-order chi connectivity index (χ1) is 15.5. The highest BCUT2D eigenvalue weighted by atomic mass is 16.3. The molecule has 2 fully saturated rings. The van der Waals surface area contributed by atoms with E-state index in [1.807, 2.05) is 6.33 Å². The van der Waals surface area contributed by atoms with E-state index in [-0.39, 0.29) is 12.6 Å². The van der Waals surface area contributed by atoms with Crippen LogP contribution in [0.25, 0.3) is 11.2 Å². The molecule has 1 saturated carbocycles. The first-order valence-corrected chi connectivity index (χ1v) is 12.6. The number of imidazole rings is 1. The normalized spacial score (nSPS) is 20.4. The number of nitrogens with zero attached hydrogens (tertiary/aromatic N) is 6. The number of aliphatic hydroxyl groups is 1. The molecule has 4 rings (SSSR count). The third-order valence-corrected chi connectivity index (χ3v) is 7.21. The fraction of sp³-hybridized carbons (Fsp3) is 0.792. The Labute approximate surface area is 192 Å². The molecule has 1 aliphatic heterocycles. The Morgan fingerprint density at radius 1 is 1.06 bits per heavy atom. The molecule has 1 unspecified atom stereocenters.